The van der Waals surface area contributed by atoms with Crippen molar-refractivity contribution in [2.45, 2.75) is 33.5 Å². The van der Waals surface area contributed by atoms with Gasteiger partial charge in [-0.2, -0.15) is 0 Å². The van der Waals surface area contributed by atoms with Crippen LogP contribution in [0.3, 0.4) is 0 Å². The van der Waals surface area contributed by atoms with Crippen molar-refractivity contribution in [3.63, 3.8) is 0 Å². The summed E-state index contributed by atoms with van der Waals surface area (Å²) in [4.78, 5) is 0. The van der Waals surface area contributed by atoms with Crippen LogP contribution in [0.4, 0.5) is 5.00 Å². The number of hydrogen-bond donors (Lipinski definition) is 1. The van der Waals surface area contributed by atoms with Gasteiger partial charge in [-0.25, -0.2) is 0 Å². The largest absolute Gasteiger partial charge is 0.377 e. The van der Waals surface area contributed by atoms with E-state index in [1.54, 1.807) is 0 Å². The van der Waals surface area contributed by atoms with Crippen molar-refractivity contribution in [1.29, 1.82) is 0 Å². The molecule has 0 aliphatic heterocycles. The molecule has 14 heavy (non-hydrogen) atoms. The fourth-order valence-electron chi connectivity index (χ4n) is 0.896. The standard InChI is InChI=1S/C9H17N3OS/c1-6(2)7(3)13-5-8-9(10-4)14-12-11-8/h6-7,10H,5H2,1-4H3. The topological polar surface area (TPSA) is 47.0 Å². The van der Waals surface area contributed by atoms with Gasteiger partial charge in [0.05, 0.1) is 12.7 Å². The van der Waals surface area contributed by atoms with Crippen molar-refractivity contribution in [2.75, 3.05) is 12.4 Å². The number of ether oxygens (including phenoxy) is 1. The van der Waals surface area contributed by atoms with Gasteiger partial charge in [0.2, 0.25) is 0 Å². The third kappa shape index (κ3) is 2.92. The van der Waals surface area contributed by atoms with Crippen LogP contribution in [0.5, 0.6) is 0 Å². The van der Waals surface area contributed by atoms with Crippen molar-refractivity contribution in [1.82, 2.24) is 9.59 Å². The lowest BCUT2D eigenvalue weighted by molar-refractivity contribution is 0.0221. The maximum Gasteiger partial charge on any atom is 0.135 e. The lowest BCUT2D eigenvalue weighted by Gasteiger charge is -2.15. The van der Waals surface area contributed by atoms with Crippen LogP contribution >= 0.6 is 11.5 Å². The molecule has 1 aromatic rings. The molecule has 1 heterocycles. The zero-order valence-corrected chi connectivity index (χ0v) is 9.89. The van der Waals surface area contributed by atoms with Gasteiger partial charge in [0.25, 0.3) is 0 Å². The average Bonchev–Trinajstić information content (AvgIpc) is 2.60. The maximum absolute atomic E-state index is 5.65. The van der Waals surface area contributed by atoms with Gasteiger partial charge >= 0.3 is 0 Å². The van der Waals surface area contributed by atoms with Crippen LogP contribution in [0.1, 0.15) is 26.5 Å². The molecule has 0 aliphatic carbocycles. The summed E-state index contributed by atoms with van der Waals surface area (Å²) < 4.78 is 9.52. The van der Waals surface area contributed by atoms with Crippen LogP contribution in [0.25, 0.3) is 0 Å². The van der Waals surface area contributed by atoms with Gasteiger partial charge in [-0.1, -0.05) is 18.3 Å². The van der Waals surface area contributed by atoms with E-state index >= 15 is 0 Å². The molecular weight excluding hydrogens is 198 g/mol. The Morgan fingerprint density at radius 1 is 1.43 bits per heavy atom. The van der Waals surface area contributed by atoms with E-state index in [9.17, 15) is 0 Å². The minimum absolute atomic E-state index is 0.251. The quantitative estimate of drug-likeness (QED) is 0.817. The fourth-order valence-corrected chi connectivity index (χ4v) is 1.41. The molecule has 0 saturated heterocycles. The molecule has 1 aromatic heterocycles. The Labute approximate surface area is 88.8 Å². The first-order chi connectivity index (χ1) is 6.65. The zero-order valence-electron chi connectivity index (χ0n) is 9.07. The van der Waals surface area contributed by atoms with Crippen molar-refractivity contribution < 1.29 is 4.74 Å². The molecule has 5 heteroatoms. The van der Waals surface area contributed by atoms with E-state index in [2.05, 4.69) is 35.7 Å². The molecule has 0 fully saturated rings. The van der Waals surface area contributed by atoms with E-state index in [4.69, 9.17) is 4.74 Å². The van der Waals surface area contributed by atoms with Crippen LogP contribution < -0.4 is 5.32 Å². The second-order valence-electron chi connectivity index (χ2n) is 3.56. The van der Waals surface area contributed by atoms with Crippen LogP contribution in [0.15, 0.2) is 0 Å². The Morgan fingerprint density at radius 2 is 2.14 bits per heavy atom. The monoisotopic (exact) mass is 215 g/mol. The van der Waals surface area contributed by atoms with Gasteiger partial charge in [0.15, 0.2) is 0 Å². The Kier molecular flexibility index (Phi) is 4.28. The maximum atomic E-state index is 5.65. The molecule has 0 saturated carbocycles. The summed E-state index contributed by atoms with van der Waals surface area (Å²) in [6.07, 6.45) is 0.251. The molecule has 4 nitrogen and oxygen atoms in total. The summed E-state index contributed by atoms with van der Waals surface area (Å²) in [7, 11) is 1.87. The van der Waals surface area contributed by atoms with E-state index in [1.807, 2.05) is 7.05 Å². The SMILES string of the molecule is CNc1snnc1COC(C)C(C)C. The Hall–Kier alpha value is -0.680. The molecule has 1 rings (SSSR count). The lowest BCUT2D eigenvalue weighted by Crippen LogP contribution is -2.15. The minimum atomic E-state index is 0.251. The summed E-state index contributed by atoms with van der Waals surface area (Å²) in [6.45, 7) is 6.89. The molecule has 0 spiro atoms. The van der Waals surface area contributed by atoms with E-state index in [1.165, 1.54) is 11.5 Å². The highest BCUT2D eigenvalue weighted by Crippen LogP contribution is 2.18. The molecule has 1 atom stereocenters. The molecule has 0 aromatic carbocycles. The Bertz CT molecular complexity index is 275. The molecule has 1 N–H and O–H groups in total. The van der Waals surface area contributed by atoms with Crippen LogP contribution in [0.2, 0.25) is 0 Å². The van der Waals surface area contributed by atoms with Gasteiger partial charge in [0.1, 0.15) is 10.7 Å². The van der Waals surface area contributed by atoms with Crippen LogP contribution in [0, 0.1) is 5.92 Å². The summed E-state index contributed by atoms with van der Waals surface area (Å²) in [5.74, 6) is 0.527. The van der Waals surface area contributed by atoms with E-state index in [0.29, 0.717) is 12.5 Å². The first-order valence-corrected chi connectivity index (χ1v) is 5.53. The Balaban J connectivity index is 2.45. The second kappa shape index (κ2) is 5.26. The van der Waals surface area contributed by atoms with Gasteiger partial charge in [0, 0.05) is 18.6 Å². The van der Waals surface area contributed by atoms with Crippen molar-refractivity contribution in [3.05, 3.63) is 5.69 Å². The minimum Gasteiger partial charge on any atom is -0.377 e. The molecule has 0 bridgehead atoms. The van der Waals surface area contributed by atoms with Crippen molar-refractivity contribution in [3.8, 4) is 0 Å². The molecular formula is C9H17N3OS. The summed E-state index contributed by atoms with van der Waals surface area (Å²) >= 11 is 1.36. The number of aromatic nitrogens is 2. The first kappa shape index (κ1) is 11.4. The van der Waals surface area contributed by atoms with Crippen molar-refractivity contribution in [2.24, 2.45) is 5.92 Å². The number of anilines is 1. The Morgan fingerprint density at radius 3 is 2.71 bits per heavy atom. The molecule has 0 aliphatic rings. The fraction of sp³-hybridized carbons (Fsp3) is 0.778. The van der Waals surface area contributed by atoms with Gasteiger partial charge in [-0.15, -0.1) is 5.10 Å². The third-order valence-electron chi connectivity index (χ3n) is 2.20. The van der Waals surface area contributed by atoms with E-state index in [0.717, 1.165) is 10.7 Å². The number of nitrogens with one attached hydrogen (secondary N) is 1. The number of rotatable bonds is 5. The summed E-state index contributed by atoms with van der Waals surface area (Å²) in [5.41, 5.74) is 0.894. The van der Waals surface area contributed by atoms with Gasteiger partial charge < -0.3 is 10.1 Å². The highest BCUT2D eigenvalue weighted by Gasteiger charge is 2.11. The van der Waals surface area contributed by atoms with Crippen LogP contribution in [-0.4, -0.2) is 22.7 Å². The first-order valence-electron chi connectivity index (χ1n) is 4.75. The molecule has 0 radical (unpaired) electrons. The van der Waals surface area contributed by atoms with E-state index in [-0.39, 0.29) is 6.10 Å². The number of nitrogens with zero attached hydrogens (tertiary/aromatic N) is 2. The predicted octanol–water partition coefficient (Wildman–Crippen LogP) is 2.14. The zero-order chi connectivity index (χ0) is 10.6. The lowest BCUT2D eigenvalue weighted by atomic mass is 10.1. The normalized spacial score (nSPS) is 13.2. The smallest absolute Gasteiger partial charge is 0.135 e. The van der Waals surface area contributed by atoms with Gasteiger partial charge in [-0.3, -0.25) is 0 Å². The highest BCUT2D eigenvalue weighted by molar-refractivity contribution is 7.10. The van der Waals surface area contributed by atoms with Crippen LogP contribution in [-0.2, 0) is 11.3 Å². The third-order valence-corrected chi connectivity index (χ3v) is 2.99. The van der Waals surface area contributed by atoms with Crippen molar-refractivity contribution >= 4 is 16.5 Å². The summed E-state index contributed by atoms with van der Waals surface area (Å²) in [5, 5.41) is 8.03. The highest BCUT2D eigenvalue weighted by atomic mass is 32.1. The summed E-state index contributed by atoms with van der Waals surface area (Å²) in [6, 6.07) is 0. The van der Waals surface area contributed by atoms with E-state index < -0.39 is 0 Å². The molecule has 1 unspecified atom stereocenters. The number of hydrogen-bond acceptors (Lipinski definition) is 5. The average molecular weight is 215 g/mol. The molecule has 0 amide bonds. The van der Waals surface area contributed by atoms with Gasteiger partial charge in [-0.05, 0) is 12.8 Å². The molecule has 80 valence electrons. The predicted molar refractivity (Wildman–Crippen MR) is 58.5 cm³/mol. The second-order valence-corrected chi connectivity index (χ2v) is 4.31.